The number of ether oxygens (including phenoxy) is 1. The van der Waals surface area contributed by atoms with Gasteiger partial charge in [-0.05, 0) is 29.3 Å². The van der Waals surface area contributed by atoms with Crippen molar-refractivity contribution in [3.8, 4) is 5.75 Å². The van der Waals surface area contributed by atoms with Gasteiger partial charge in [0.2, 0.25) is 0 Å². The summed E-state index contributed by atoms with van der Waals surface area (Å²) in [5, 5.41) is 9.92. The Morgan fingerprint density at radius 1 is 1.00 bits per heavy atom. The second kappa shape index (κ2) is 10.1. The Kier molecular flexibility index (Phi) is 6.59. The van der Waals surface area contributed by atoms with Crippen molar-refractivity contribution >= 4 is 11.7 Å². The highest BCUT2D eigenvalue weighted by Crippen LogP contribution is 2.17. The van der Waals surface area contributed by atoms with E-state index in [1.165, 1.54) is 0 Å². The number of aromatic nitrogens is 4. The first-order chi connectivity index (χ1) is 15.3. The van der Waals surface area contributed by atoms with Gasteiger partial charge in [-0.2, -0.15) is 5.10 Å². The molecule has 4 rings (SSSR count). The van der Waals surface area contributed by atoms with E-state index in [1.54, 1.807) is 29.5 Å². The zero-order valence-electron chi connectivity index (χ0n) is 17.0. The summed E-state index contributed by atoms with van der Waals surface area (Å²) in [6, 6.07) is 17.0. The van der Waals surface area contributed by atoms with E-state index in [0.29, 0.717) is 37.7 Å². The fourth-order valence-electron chi connectivity index (χ4n) is 3.17. The first-order valence-corrected chi connectivity index (χ1v) is 10.0. The van der Waals surface area contributed by atoms with Gasteiger partial charge in [0.1, 0.15) is 12.4 Å². The molecular weight excluding hydrogens is 392 g/mol. The van der Waals surface area contributed by atoms with Crippen LogP contribution >= 0.6 is 0 Å². The Morgan fingerprint density at radius 2 is 1.90 bits per heavy atom. The van der Waals surface area contributed by atoms with Crippen LogP contribution in [0.5, 0.6) is 5.75 Å². The van der Waals surface area contributed by atoms with Crippen LogP contribution in [0.25, 0.3) is 0 Å². The van der Waals surface area contributed by atoms with Crippen LogP contribution in [0.2, 0.25) is 0 Å². The molecule has 0 spiro atoms. The van der Waals surface area contributed by atoms with E-state index in [2.05, 4.69) is 26.8 Å². The Morgan fingerprint density at radius 3 is 2.71 bits per heavy atom. The van der Waals surface area contributed by atoms with E-state index in [-0.39, 0.29) is 6.03 Å². The van der Waals surface area contributed by atoms with Crippen LogP contribution in [0.3, 0.4) is 0 Å². The van der Waals surface area contributed by atoms with Gasteiger partial charge in [-0.3, -0.25) is 4.68 Å². The number of hydrogen-bond acceptors (Lipinski definition) is 4. The summed E-state index contributed by atoms with van der Waals surface area (Å²) in [5.41, 5.74) is 2.86. The maximum atomic E-state index is 12.4. The average Bonchev–Trinajstić information content (AvgIpc) is 3.48. The van der Waals surface area contributed by atoms with Gasteiger partial charge < -0.3 is 19.9 Å². The van der Waals surface area contributed by atoms with Crippen molar-refractivity contribution in [2.24, 2.45) is 0 Å². The fraction of sp³-hybridized carbons (Fsp3) is 0.174. The second-order valence-corrected chi connectivity index (χ2v) is 6.96. The number of carbonyl (C=O) groups is 1. The molecule has 0 saturated heterocycles. The van der Waals surface area contributed by atoms with Gasteiger partial charge in [-0.25, -0.2) is 9.78 Å². The number of imidazole rings is 1. The van der Waals surface area contributed by atoms with Crippen LogP contribution in [-0.4, -0.2) is 32.0 Å². The van der Waals surface area contributed by atoms with Gasteiger partial charge >= 0.3 is 6.03 Å². The minimum Gasteiger partial charge on any atom is -0.492 e. The Balaban J connectivity index is 1.28. The summed E-state index contributed by atoms with van der Waals surface area (Å²) in [6.07, 6.45) is 9.07. The second-order valence-electron chi connectivity index (χ2n) is 6.96. The standard InChI is InChI=1S/C23H24N6O2/c30-23(25-16-19-5-1-2-6-20(19)17-28-12-10-24-18-28)27-21-7-3-8-22(15-21)31-14-13-29-11-4-9-26-29/h1-12,15,18H,13-14,16-17H2,(H2,25,27,30). The molecule has 0 saturated carbocycles. The quantitative estimate of drug-likeness (QED) is 0.437. The topological polar surface area (TPSA) is 86.0 Å². The first kappa shape index (κ1) is 20.2. The predicted octanol–water partition coefficient (Wildman–Crippen LogP) is 3.53. The number of amides is 2. The van der Waals surface area contributed by atoms with Crippen LogP contribution in [0.4, 0.5) is 10.5 Å². The third-order valence-electron chi connectivity index (χ3n) is 4.71. The number of anilines is 1. The summed E-state index contributed by atoms with van der Waals surface area (Å²) in [5.74, 6) is 0.690. The molecule has 4 aromatic rings. The van der Waals surface area contributed by atoms with Crippen molar-refractivity contribution in [3.63, 3.8) is 0 Å². The molecule has 2 N–H and O–H groups in total. The SMILES string of the molecule is O=C(NCc1ccccc1Cn1ccnc1)Nc1cccc(OCCn2cccn2)c1. The van der Waals surface area contributed by atoms with Crippen LogP contribution in [0.1, 0.15) is 11.1 Å². The number of rotatable bonds is 9. The zero-order valence-corrected chi connectivity index (χ0v) is 17.0. The summed E-state index contributed by atoms with van der Waals surface area (Å²) in [6.45, 7) is 2.28. The molecule has 2 aromatic heterocycles. The largest absolute Gasteiger partial charge is 0.492 e. The molecule has 8 nitrogen and oxygen atoms in total. The minimum atomic E-state index is -0.272. The number of nitrogens with one attached hydrogen (secondary N) is 2. The normalized spacial score (nSPS) is 10.6. The highest BCUT2D eigenvalue weighted by molar-refractivity contribution is 5.89. The van der Waals surface area contributed by atoms with Gasteiger partial charge in [0.05, 0.1) is 12.9 Å². The van der Waals surface area contributed by atoms with E-state index in [0.717, 1.165) is 11.1 Å². The van der Waals surface area contributed by atoms with E-state index in [1.807, 2.05) is 59.4 Å². The molecule has 8 heteroatoms. The molecule has 0 aliphatic carbocycles. The lowest BCUT2D eigenvalue weighted by atomic mass is 10.1. The number of carbonyl (C=O) groups excluding carboxylic acids is 1. The fourth-order valence-corrected chi connectivity index (χ4v) is 3.17. The molecule has 2 amide bonds. The number of hydrogen-bond donors (Lipinski definition) is 2. The van der Waals surface area contributed by atoms with Gasteiger partial charge in [-0.1, -0.05) is 30.3 Å². The molecular formula is C23H24N6O2. The van der Waals surface area contributed by atoms with Gasteiger partial charge in [-0.15, -0.1) is 0 Å². The molecule has 0 atom stereocenters. The van der Waals surface area contributed by atoms with Crippen LogP contribution in [-0.2, 0) is 19.6 Å². The minimum absolute atomic E-state index is 0.272. The summed E-state index contributed by atoms with van der Waals surface area (Å²) in [4.78, 5) is 16.5. The van der Waals surface area contributed by atoms with Gasteiger partial charge in [0.25, 0.3) is 0 Å². The lowest BCUT2D eigenvalue weighted by Crippen LogP contribution is -2.28. The maximum absolute atomic E-state index is 12.4. The molecule has 0 radical (unpaired) electrons. The van der Waals surface area contributed by atoms with Crippen LogP contribution < -0.4 is 15.4 Å². The van der Waals surface area contributed by atoms with Gasteiger partial charge in [0.15, 0.2) is 0 Å². The molecule has 31 heavy (non-hydrogen) atoms. The molecule has 0 aliphatic heterocycles. The van der Waals surface area contributed by atoms with Crippen molar-refractivity contribution in [2.75, 3.05) is 11.9 Å². The summed E-state index contributed by atoms with van der Waals surface area (Å²) < 4.78 is 9.56. The molecule has 2 heterocycles. The van der Waals surface area contributed by atoms with Crippen molar-refractivity contribution in [2.45, 2.75) is 19.6 Å². The molecule has 0 aliphatic rings. The van der Waals surface area contributed by atoms with Crippen molar-refractivity contribution < 1.29 is 9.53 Å². The Bertz CT molecular complexity index is 1090. The number of benzene rings is 2. The van der Waals surface area contributed by atoms with Crippen LogP contribution in [0.15, 0.2) is 85.7 Å². The van der Waals surface area contributed by atoms with Crippen LogP contribution in [0, 0.1) is 0 Å². The zero-order chi connectivity index (χ0) is 21.3. The van der Waals surface area contributed by atoms with Crippen molar-refractivity contribution in [1.29, 1.82) is 0 Å². The van der Waals surface area contributed by atoms with Crippen molar-refractivity contribution in [1.82, 2.24) is 24.6 Å². The van der Waals surface area contributed by atoms with E-state index >= 15 is 0 Å². The molecule has 0 fully saturated rings. The third-order valence-corrected chi connectivity index (χ3v) is 4.71. The summed E-state index contributed by atoms with van der Waals surface area (Å²) in [7, 11) is 0. The Hall–Kier alpha value is -4.07. The highest BCUT2D eigenvalue weighted by Gasteiger charge is 2.07. The van der Waals surface area contributed by atoms with E-state index in [9.17, 15) is 4.79 Å². The summed E-state index contributed by atoms with van der Waals surface area (Å²) >= 11 is 0. The van der Waals surface area contributed by atoms with Gasteiger partial charge in [0, 0.05) is 49.6 Å². The first-order valence-electron chi connectivity index (χ1n) is 10.0. The van der Waals surface area contributed by atoms with E-state index < -0.39 is 0 Å². The number of nitrogens with zero attached hydrogens (tertiary/aromatic N) is 4. The lowest BCUT2D eigenvalue weighted by molar-refractivity contribution is 0.251. The molecule has 2 aromatic carbocycles. The molecule has 0 unspecified atom stereocenters. The van der Waals surface area contributed by atoms with Crippen molar-refractivity contribution in [3.05, 3.63) is 96.8 Å². The number of urea groups is 1. The maximum Gasteiger partial charge on any atom is 0.319 e. The average molecular weight is 416 g/mol. The molecule has 0 bridgehead atoms. The van der Waals surface area contributed by atoms with E-state index in [4.69, 9.17) is 4.74 Å². The third kappa shape index (κ3) is 5.96. The monoisotopic (exact) mass is 416 g/mol. The smallest absolute Gasteiger partial charge is 0.319 e. The highest BCUT2D eigenvalue weighted by atomic mass is 16.5. The lowest BCUT2D eigenvalue weighted by Gasteiger charge is -2.13. The molecule has 158 valence electrons. The predicted molar refractivity (Wildman–Crippen MR) is 118 cm³/mol. The Labute approximate surface area is 180 Å².